The number of aryl methyl sites for hydroxylation is 1. The zero-order valence-corrected chi connectivity index (χ0v) is 22.3. The number of hydrogen-bond donors (Lipinski definition) is 1. The van der Waals surface area contributed by atoms with Crippen LogP contribution in [-0.4, -0.2) is 61.7 Å². The molecule has 6 rings (SSSR count). The molecule has 0 aliphatic heterocycles. The quantitative estimate of drug-likeness (QED) is 0.319. The van der Waals surface area contributed by atoms with Gasteiger partial charge >= 0.3 is 5.97 Å². The zero-order valence-electron chi connectivity index (χ0n) is 21.5. The Morgan fingerprint density at radius 2 is 1.95 bits per heavy atom. The van der Waals surface area contributed by atoms with E-state index in [0.717, 1.165) is 30.5 Å². The van der Waals surface area contributed by atoms with Crippen molar-refractivity contribution >= 4 is 16.0 Å². The molecule has 0 radical (unpaired) electrons. The number of aromatic nitrogens is 5. The van der Waals surface area contributed by atoms with E-state index in [1.54, 1.807) is 40.7 Å². The highest BCUT2D eigenvalue weighted by atomic mass is 32.2. The standard InChI is InChI=1S/C27H28N6O5S/c1-31-16-23(29-30-31)20-13-21(20)26-22(27(34)35)14-28-33(26)19-7-5-6-17(12-19)15-32(18-10-11-18)39(36,37)25-9-4-3-8-24(25)38-2/h3-9,12,14,16,18,20-21H,10-11,13,15H2,1-2H3,(H,34,35). The number of methoxy groups -OCH3 is 1. The topological polar surface area (TPSA) is 132 Å². The summed E-state index contributed by atoms with van der Waals surface area (Å²) >= 11 is 0. The molecule has 2 aliphatic carbocycles. The van der Waals surface area contributed by atoms with Crippen LogP contribution < -0.4 is 4.74 Å². The summed E-state index contributed by atoms with van der Waals surface area (Å²) in [6.45, 7) is 0.174. The lowest BCUT2D eigenvalue weighted by Crippen LogP contribution is -2.33. The van der Waals surface area contributed by atoms with Gasteiger partial charge in [0.2, 0.25) is 10.0 Å². The molecule has 11 nitrogen and oxygen atoms in total. The maximum Gasteiger partial charge on any atom is 0.339 e. The van der Waals surface area contributed by atoms with Crippen molar-refractivity contribution in [1.29, 1.82) is 0 Å². The smallest absolute Gasteiger partial charge is 0.339 e. The Morgan fingerprint density at radius 3 is 2.64 bits per heavy atom. The fourth-order valence-electron chi connectivity index (χ4n) is 5.14. The molecule has 0 bridgehead atoms. The number of aromatic carboxylic acids is 1. The number of nitrogens with zero attached hydrogens (tertiary/aromatic N) is 6. The van der Waals surface area contributed by atoms with Gasteiger partial charge in [-0.3, -0.25) is 4.68 Å². The SMILES string of the molecule is COc1ccccc1S(=O)(=O)N(Cc1cccc(-n2ncc(C(=O)O)c2C2CC2c2cn(C)nn2)c1)C1CC1. The number of para-hydroxylation sites is 1. The minimum atomic E-state index is -3.82. The van der Waals surface area contributed by atoms with Crippen LogP contribution >= 0.6 is 0 Å². The highest BCUT2D eigenvalue weighted by Crippen LogP contribution is 2.55. The highest BCUT2D eigenvalue weighted by molar-refractivity contribution is 7.89. The van der Waals surface area contributed by atoms with Crippen LogP contribution in [-0.2, 0) is 23.6 Å². The van der Waals surface area contributed by atoms with Crippen LogP contribution in [0.15, 0.2) is 65.8 Å². The first-order chi connectivity index (χ1) is 18.8. The summed E-state index contributed by atoms with van der Waals surface area (Å²) in [6.07, 6.45) is 5.56. The van der Waals surface area contributed by atoms with Gasteiger partial charge in [-0.15, -0.1) is 5.10 Å². The first-order valence-electron chi connectivity index (χ1n) is 12.7. The lowest BCUT2D eigenvalue weighted by atomic mass is 10.1. The molecule has 2 aliphatic rings. The van der Waals surface area contributed by atoms with Crippen LogP contribution in [0, 0.1) is 0 Å². The molecule has 2 aromatic heterocycles. The lowest BCUT2D eigenvalue weighted by molar-refractivity contribution is 0.0695. The molecule has 2 unspecified atom stereocenters. The fraction of sp³-hybridized carbons (Fsp3) is 0.333. The summed E-state index contributed by atoms with van der Waals surface area (Å²) in [7, 11) is -0.561. The summed E-state index contributed by atoms with van der Waals surface area (Å²) < 4.78 is 37.6. The summed E-state index contributed by atoms with van der Waals surface area (Å²) in [5.74, 6) is -0.735. The van der Waals surface area contributed by atoms with E-state index >= 15 is 0 Å². The Balaban J connectivity index is 1.33. The van der Waals surface area contributed by atoms with Gasteiger partial charge in [0.05, 0.1) is 30.4 Å². The Labute approximate surface area is 225 Å². The predicted molar refractivity (Wildman–Crippen MR) is 140 cm³/mol. The second kappa shape index (κ2) is 9.62. The van der Waals surface area contributed by atoms with E-state index in [-0.39, 0.29) is 34.9 Å². The molecule has 0 spiro atoms. The Kier molecular flexibility index (Phi) is 6.23. The van der Waals surface area contributed by atoms with Crippen molar-refractivity contribution in [2.24, 2.45) is 7.05 Å². The van der Waals surface area contributed by atoms with Crippen molar-refractivity contribution in [2.45, 2.75) is 48.6 Å². The van der Waals surface area contributed by atoms with Crippen molar-refractivity contribution in [2.75, 3.05) is 7.11 Å². The van der Waals surface area contributed by atoms with E-state index in [1.807, 2.05) is 30.5 Å². The molecule has 2 atom stereocenters. The molecule has 2 saturated carbocycles. The van der Waals surface area contributed by atoms with E-state index in [0.29, 0.717) is 17.1 Å². The van der Waals surface area contributed by atoms with Crippen molar-refractivity contribution < 1.29 is 23.1 Å². The maximum absolute atomic E-state index is 13.7. The zero-order chi connectivity index (χ0) is 27.3. The first-order valence-corrected chi connectivity index (χ1v) is 14.1. The lowest BCUT2D eigenvalue weighted by Gasteiger charge is -2.23. The molecule has 4 aromatic rings. The van der Waals surface area contributed by atoms with Gasteiger partial charge in [0.15, 0.2) is 0 Å². The Bertz CT molecular complexity index is 1660. The van der Waals surface area contributed by atoms with Gasteiger partial charge in [-0.25, -0.2) is 17.9 Å². The molecule has 12 heteroatoms. The van der Waals surface area contributed by atoms with Crippen LogP contribution in [0.4, 0.5) is 0 Å². The molecular formula is C27H28N6O5S. The molecule has 1 N–H and O–H groups in total. The van der Waals surface area contributed by atoms with E-state index < -0.39 is 16.0 Å². The normalized spacial score (nSPS) is 18.8. The van der Waals surface area contributed by atoms with Crippen LogP contribution in [0.5, 0.6) is 5.75 Å². The van der Waals surface area contributed by atoms with Gasteiger partial charge < -0.3 is 9.84 Å². The molecular weight excluding hydrogens is 520 g/mol. The van der Waals surface area contributed by atoms with E-state index in [9.17, 15) is 18.3 Å². The molecule has 2 fully saturated rings. The highest BCUT2D eigenvalue weighted by Gasteiger charge is 2.46. The first kappa shape index (κ1) is 25.3. The minimum absolute atomic E-state index is 0.0618. The van der Waals surface area contributed by atoms with Crippen molar-refractivity contribution in [3.63, 3.8) is 0 Å². The minimum Gasteiger partial charge on any atom is -0.495 e. The maximum atomic E-state index is 13.7. The number of ether oxygens (including phenoxy) is 1. The Morgan fingerprint density at radius 1 is 1.15 bits per heavy atom. The number of carboxylic acid groups (broad SMARTS) is 1. The monoisotopic (exact) mass is 548 g/mol. The number of benzene rings is 2. The third kappa shape index (κ3) is 4.70. The van der Waals surface area contributed by atoms with Gasteiger partial charge in [0.1, 0.15) is 16.2 Å². The average molecular weight is 549 g/mol. The number of carboxylic acids is 1. The fourth-order valence-corrected chi connectivity index (χ4v) is 6.97. The molecule has 202 valence electrons. The molecule has 0 amide bonds. The van der Waals surface area contributed by atoms with E-state index in [4.69, 9.17) is 4.74 Å². The van der Waals surface area contributed by atoms with Gasteiger partial charge in [-0.1, -0.05) is 29.5 Å². The van der Waals surface area contributed by atoms with Gasteiger partial charge in [-0.05, 0) is 49.1 Å². The number of rotatable bonds is 10. The van der Waals surface area contributed by atoms with Gasteiger partial charge in [-0.2, -0.15) is 9.40 Å². The number of sulfonamides is 1. The number of hydrogen-bond acceptors (Lipinski definition) is 7. The van der Waals surface area contributed by atoms with Gasteiger partial charge in [0.25, 0.3) is 0 Å². The molecule has 2 aromatic carbocycles. The van der Waals surface area contributed by atoms with Gasteiger partial charge in [0, 0.05) is 37.7 Å². The molecule has 0 saturated heterocycles. The van der Waals surface area contributed by atoms with E-state index in [1.165, 1.54) is 17.6 Å². The van der Waals surface area contributed by atoms with Crippen molar-refractivity contribution in [3.8, 4) is 11.4 Å². The predicted octanol–water partition coefficient (Wildman–Crippen LogP) is 3.33. The second-order valence-corrected chi connectivity index (χ2v) is 11.9. The summed E-state index contributed by atoms with van der Waals surface area (Å²) in [4.78, 5) is 12.2. The third-order valence-electron chi connectivity index (χ3n) is 7.28. The third-order valence-corrected chi connectivity index (χ3v) is 9.22. The second-order valence-electron chi connectivity index (χ2n) is 10.0. The van der Waals surface area contributed by atoms with Crippen molar-refractivity contribution in [1.82, 2.24) is 29.1 Å². The summed E-state index contributed by atoms with van der Waals surface area (Å²) in [6, 6.07) is 14.0. The van der Waals surface area contributed by atoms with Crippen LogP contribution in [0.3, 0.4) is 0 Å². The van der Waals surface area contributed by atoms with Crippen LogP contribution in [0.25, 0.3) is 5.69 Å². The van der Waals surface area contributed by atoms with Crippen LogP contribution in [0.2, 0.25) is 0 Å². The van der Waals surface area contributed by atoms with E-state index in [2.05, 4.69) is 15.4 Å². The largest absolute Gasteiger partial charge is 0.495 e. The molecule has 39 heavy (non-hydrogen) atoms. The van der Waals surface area contributed by atoms with Crippen LogP contribution in [0.1, 0.15) is 58.4 Å². The average Bonchev–Trinajstić information content (AvgIpc) is 3.84. The summed E-state index contributed by atoms with van der Waals surface area (Å²) in [5.41, 5.74) is 3.02. The molecule has 2 heterocycles. The van der Waals surface area contributed by atoms with Crippen molar-refractivity contribution in [3.05, 3.63) is 83.4 Å². The summed E-state index contributed by atoms with van der Waals surface area (Å²) in [5, 5.41) is 22.5. The Hall–Kier alpha value is -4.03. The number of carbonyl (C=O) groups is 1.